The normalized spacial score (nSPS) is 36.0. The molecule has 1 amide bonds. The fraction of sp³-hybridized carbons (Fsp3) is 0.692. The number of likely N-dealkylation sites (tertiary alicyclic amines) is 1. The second-order valence-electron chi connectivity index (χ2n) is 11.3. The van der Waals surface area contributed by atoms with Gasteiger partial charge in [-0.3, -0.25) is 9.59 Å². The molecule has 30 heavy (non-hydrogen) atoms. The molecule has 1 spiro atoms. The van der Waals surface area contributed by atoms with Crippen molar-refractivity contribution in [2.45, 2.75) is 77.2 Å². The monoisotopic (exact) mass is 407 g/mol. The van der Waals surface area contributed by atoms with Crippen molar-refractivity contribution in [1.82, 2.24) is 4.90 Å². The van der Waals surface area contributed by atoms with E-state index in [-0.39, 0.29) is 11.2 Å². The van der Waals surface area contributed by atoms with E-state index in [4.69, 9.17) is 4.74 Å². The molecule has 4 bridgehead atoms. The van der Waals surface area contributed by atoms with Crippen molar-refractivity contribution in [2.75, 3.05) is 13.1 Å². The van der Waals surface area contributed by atoms with Crippen LogP contribution in [0.15, 0.2) is 12.1 Å². The lowest BCUT2D eigenvalue weighted by Crippen LogP contribution is -2.58. The Labute approximate surface area is 179 Å². The van der Waals surface area contributed by atoms with Crippen molar-refractivity contribution >= 4 is 11.7 Å². The van der Waals surface area contributed by atoms with Gasteiger partial charge in [-0.05, 0) is 87.3 Å². The minimum absolute atomic E-state index is 0.0663. The molecule has 4 saturated carbocycles. The highest BCUT2D eigenvalue weighted by molar-refractivity contribution is 6.01. The van der Waals surface area contributed by atoms with Crippen LogP contribution >= 0.6 is 0 Å². The zero-order chi connectivity index (χ0) is 20.7. The van der Waals surface area contributed by atoms with Crippen LogP contribution in [0.2, 0.25) is 0 Å². The minimum Gasteiger partial charge on any atom is -0.486 e. The topological polar surface area (TPSA) is 46.6 Å². The molecule has 1 aromatic rings. The summed E-state index contributed by atoms with van der Waals surface area (Å²) in [4.78, 5) is 28.8. The maximum absolute atomic E-state index is 13.7. The van der Waals surface area contributed by atoms with E-state index in [1.54, 1.807) is 0 Å². The van der Waals surface area contributed by atoms with Crippen LogP contribution in [0.1, 0.15) is 79.3 Å². The number of hydrogen-bond acceptors (Lipinski definition) is 3. The van der Waals surface area contributed by atoms with Gasteiger partial charge < -0.3 is 9.64 Å². The van der Waals surface area contributed by atoms with Crippen LogP contribution in [0.25, 0.3) is 0 Å². The summed E-state index contributed by atoms with van der Waals surface area (Å²) in [5.74, 6) is 3.77. The molecule has 7 rings (SSSR count). The van der Waals surface area contributed by atoms with Crippen LogP contribution in [0.4, 0.5) is 0 Å². The number of rotatable bonds is 1. The Morgan fingerprint density at radius 2 is 1.60 bits per heavy atom. The predicted molar refractivity (Wildman–Crippen MR) is 115 cm³/mol. The Bertz CT molecular complexity index is 889. The van der Waals surface area contributed by atoms with E-state index in [0.29, 0.717) is 12.3 Å². The van der Waals surface area contributed by atoms with Crippen molar-refractivity contribution < 1.29 is 14.3 Å². The lowest BCUT2D eigenvalue weighted by atomic mass is 9.49. The molecule has 0 radical (unpaired) electrons. The molecule has 1 aromatic carbocycles. The number of carbonyl (C=O) groups is 2. The number of ketones is 1. The molecule has 2 heterocycles. The van der Waals surface area contributed by atoms with E-state index < -0.39 is 5.60 Å². The number of piperidine rings is 1. The van der Waals surface area contributed by atoms with Gasteiger partial charge >= 0.3 is 0 Å². The number of fused-ring (bicyclic) bond motifs is 1. The highest BCUT2D eigenvalue weighted by atomic mass is 16.5. The number of carbonyl (C=O) groups excluding carboxylic acids is 2. The number of aryl methyl sites for hydroxylation is 2. The summed E-state index contributed by atoms with van der Waals surface area (Å²) in [7, 11) is 0. The van der Waals surface area contributed by atoms with Gasteiger partial charge in [-0.1, -0.05) is 6.07 Å². The van der Waals surface area contributed by atoms with Crippen LogP contribution in [-0.4, -0.2) is 35.3 Å². The van der Waals surface area contributed by atoms with Gasteiger partial charge in [-0.25, -0.2) is 0 Å². The van der Waals surface area contributed by atoms with Gasteiger partial charge in [0.15, 0.2) is 5.78 Å². The Hall–Kier alpha value is -1.84. The fourth-order valence-corrected chi connectivity index (χ4v) is 8.04. The Kier molecular flexibility index (Phi) is 3.99. The standard InChI is InChI=1S/C26H33NO3/c1-16-7-17(2)23-21(8-16)22(28)15-26(30-23)3-5-27(6-4-26)24(29)25-12-18-9-19(13-25)11-20(10-18)14-25/h7-8,18-20H,3-6,9-15H2,1-2H3. The lowest BCUT2D eigenvalue weighted by Gasteiger charge is -2.57. The number of amides is 1. The molecule has 2 aliphatic heterocycles. The van der Waals surface area contributed by atoms with Gasteiger partial charge in [0, 0.05) is 25.9 Å². The third-order valence-electron chi connectivity index (χ3n) is 8.97. The molecule has 1 saturated heterocycles. The summed E-state index contributed by atoms with van der Waals surface area (Å²) < 4.78 is 6.54. The Morgan fingerprint density at radius 1 is 1.00 bits per heavy atom. The van der Waals surface area contributed by atoms with Crippen LogP contribution < -0.4 is 4.74 Å². The maximum atomic E-state index is 13.7. The van der Waals surface area contributed by atoms with Gasteiger partial charge in [0.25, 0.3) is 0 Å². The molecule has 0 atom stereocenters. The third-order valence-corrected chi connectivity index (χ3v) is 8.97. The quantitative estimate of drug-likeness (QED) is 0.669. The van der Waals surface area contributed by atoms with Crippen LogP contribution in [0, 0.1) is 37.0 Å². The molecule has 5 fully saturated rings. The summed E-state index contributed by atoms with van der Waals surface area (Å²) in [6.45, 7) is 5.52. The first-order valence-electron chi connectivity index (χ1n) is 12.0. The highest BCUT2D eigenvalue weighted by Crippen LogP contribution is 2.60. The van der Waals surface area contributed by atoms with Crippen molar-refractivity contribution in [3.05, 3.63) is 28.8 Å². The van der Waals surface area contributed by atoms with Gasteiger partial charge in [-0.2, -0.15) is 0 Å². The van der Waals surface area contributed by atoms with Crippen LogP contribution in [0.3, 0.4) is 0 Å². The van der Waals surface area contributed by atoms with Gasteiger partial charge in [0.1, 0.15) is 11.4 Å². The smallest absolute Gasteiger partial charge is 0.228 e. The number of ether oxygens (including phenoxy) is 1. The fourth-order valence-electron chi connectivity index (χ4n) is 8.04. The molecule has 4 aliphatic carbocycles. The number of benzene rings is 1. The number of nitrogens with zero attached hydrogens (tertiary/aromatic N) is 1. The summed E-state index contributed by atoms with van der Waals surface area (Å²) in [6.07, 6.45) is 9.45. The van der Waals surface area contributed by atoms with Gasteiger partial charge in [0.05, 0.1) is 17.4 Å². The third kappa shape index (κ3) is 2.78. The molecule has 0 unspecified atom stereocenters. The minimum atomic E-state index is -0.428. The molecule has 160 valence electrons. The van der Waals surface area contributed by atoms with Gasteiger partial charge in [-0.15, -0.1) is 0 Å². The first-order valence-corrected chi connectivity index (χ1v) is 12.0. The summed E-state index contributed by atoms with van der Waals surface area (Å²) >= 11 is 0. The summed E-state index contributed by atoms with van der Waals surface area (Å²) in [5, 5.41) is 0. The zero-order valence-corrected chi connectivity index (χ0v) is 18.3. The average Bonchev–Trinajstić information content (AvgIpc) is 2.68. The summed E-state index contributed by atoms with van der Waals surface area (Å²) in [5.41, 5.74) is 2.40. The van der Waals surface area contributed by atoms with Crippen molar-refractivity contribution in [1.29, 1.82) is 0 Å². The molecule has 4 heteroatoms. The van der Waals surface area contributed by atoms with E-state index in [2.05, 4.69) is 11.0 Å². The predicted octanol–water partition coefficient (Wildman–Crippen LogP) is 4.85. The molecule has 0 aromatic heterocycles. The second kappa shape index (κ2) is 6.34. The highest BCUT2D eigenvalue weighted by Gasteiger charge is 2.56. The van der Waals surface area contributed by atoms with Gasteiger partial charge in [0.2, 0.25) is 5.91 Å². The van der Waals surface area contributed by atoms with Crippen molar-refractivity contribution in [2.24, 2.45) is 23.2 Å². The largest absolute Gasteiger partial charge is 0.486 e. The first kappa shape index (κ1) is 18.9. The van der Waals surface area contributed by atoms with Crippen molar-refractivity contribution in [3.63, 3.8) is 0 Å². The Balaban J connectivity index is 1.19. The maximum Gasteiger partial charge on any atom is 0.228 e. The van der Waals surface area contributed by atoms with Crippen LogP contribution in [-0.2, 0) is 4.79 Å². The molecule has 4 nitrogen and oxygen atoms in total. The molecular formula is C26H33NO3. The number of hydrogen-bond donors (Lipinski definition) is 0. The van der Waals surface area contributed by atoms with E-state index in [9.17, 15) is 9.59 Å². The second-order valence-corrected chi connectivity index (χ2v) is 11.3. The van der Waals surface area contributed by atoms with E-state index in [1.807, 2.05) is 19.9 Å². The zero-order valence-electron chi connectivity index (χ0n) is 18.3. The van der Waals surface area contributed by atoms with E-state index in [1.165, 1.54) is 19.3 Å². The van der Waals surface area contributed by atoms with Crippen molar-refractivity contribution in [3.8, 4) is 5.75 Å². The molecule has 0 N–H and O–H groups in total. The molecule has 6 aliphatic rings. The van der Waals surface area contributed by atoms with E-state index >= 15 is 0 Å². The first-order chi connectivity index (χ1) is 14.3. The summed E-state index contributed by atoms with van der Waals surface area (Å²) in [6, 6.07) is 4.06. The average molecular weight is 408 g/mol. The SMILES string of the molecule is Cc1cc(C)c2c(c1)C(=O)CC1(CCN(C(=O)C34CC5CC(CC(C5)C3)C4)CC1)O2. The Morgan fingerprint density at radius 3 is 2.20 bits per heavy atom. The molecular weight excluding hydrogens is 374 g/mol. The van der Waals surface area contributed by atoms with Crippen LogP contribution in [0.5, 0.6) is 5.75 Å². The lowest BCUT2D eigenvalue weighted by molar-refractivity contribution is -0.161. The van der Waals surface area contributed by atoms with E-state index in [0.717, 1.165) is 85.4 Å². The number of Topliss-reactive ketones (excluding diaryl/α,β-unsaturated/α-hetero) is 1.